The minimum atomic E-state index is -4.62. The van der Waals surface area contributed by atoms with Crippen LogP contribution in [0.2, 0.25) is 5.02 Å². The third kappa shape index (κ3) is 5.43. The number of benzene rings is 2. The monoisotopic (exact) mass is 475 g/mol. The van der Waals surface area contributed by atoms with E-state index in [-0.39, 0.29) is 5.69 Å². The SMILES string of the molecule is O=C(Nc1ccc(Cl)c(C(F)(F)F)c1)[C@H](c1ccccc1)N1CCN(c2cnccn2)CC1. The van der Waals surface area contributed by atoms with E-state index in [2.05, 4.69) is 20.2 Å². The normalized spacial score (nSPS) is 15.8. The molecule has 0 spiro atoms. The summed E-state index contributed by atoms with van der Waals surface area (Å²) in [5.74, 6) is 0.350. The number of amides is 1. The van der Waals surface area contributed by atoms with Crippen LogP contribution in [0.15, 0.2) is 67.1 Å². The summed E-state index contributed by atoms with van der Waals surface area (Å²) < 4.78 is 39.7. The van der Waals surface area contributed by atoms with Crippen molar-refractivity contribution in [3.8, 4) is 0 Å². The maximum absolute atomic E-state index is 13.3. The molecular weight excluding hydrogens is 455 g/mol. The van der Waals surface area contributed by atoms with E-state index in [4.69, 9.17) is 11.6 Å². The van der Waals surface area contributed by atoms with Gasteiger partial charge in [0.25, 0.3) is 0 Å². The summed E-state index contributed by atoms with van der Waals surface area (Å²) in [6.07, 6.45) is 0.308. The number of carbonyl (C=O) groups excluding carboxylic acids is 1. The zero-order chi connectivity index (χ0) is 23.4. The average molecular weight is 476 g/mol. The molecule has 0 bridgehead atoms. The van der Waals surface area contributed by atoms with Crippen LogP contribution in [0.3, 0.4) is 0 Å². The highest BCUT2D eigenvalue weighted by molar-refractivity contribution is 6.31. The zero-order valence-electron chi connectivity index (χ0n) is 17.5. The first-order chi connectivity index (χ1) is 15.8. The number of halogens is 4. The van der Waals surface area contributed by atoms with E-state index in [1.54, 1.807) is 18.6 Å². The molecule has 1 amide bonds. The van der Waals surface area contributed by atoms with Gasteiger partial charge < -0.3 is 10.2 Å². The second-order valence-electron chi connectivity index (χ2n) is 7.58. The number of nitrogens with one attached hydrogen (secondary N) is 1. The molecule has 6 nitrogen and oxygen atoms in total. The molecular formula is C23H21ClF3N5O. The highest BCUT2D eigenvalue weighted by Gasteiger charge is 2.34. The molecule has 33 heavy (non-hydrogen) atoms. The molecule has 0 aliphatic carbocycles. The van der Waals surface area contributed by atoms with Gasteiger partial charge in [0.05, 0.1) is 16.8 Å². The van der Waals surface area contributed by atoms with Crippen LogP contribution in [0, 0.1) is 0 Å². The Hall–Kier alpha value is -3.17. The summed E-state index contributed by atoms with van der Waals surface area (Å²) in [6, 6.07) is 11.9. The number of hydrogen-bond acceptors (Lipinski definition) is 5. The predicted molar refractivity (Wildman–Crippen MR) is 120 cm³/mol. The van der Waals surface area contributed by atoms with E-state index in [1.165, 1.54) is 6.07 Å². The fraction of sp³-hybridized carbons (Fsp3) is 0.261. The number of piperazine rings is 1. The Morgan fingerprint density at radius 2 is 1.76 bits per heavy atom. The number of hydrogen-bond donors (Lipinski definition) is 1. The van der Waals surface area contributed by atoms with Crippen molar-refractivity contribution in [1.29, 1.82) is 0 Å². The minimum absolute atomic E-state index is 0.0378. The van der Waals surface area contributed by atoms with Crippen LogP contribution in [0.25, 0.3) is 0 Å². The standard InChI is InChI=1S/C23H21ClF3N5O/c24-19-7-6-17(14-18(19)23(25,26)27)30-22(33)21(16-4-2-1-3-5-16)32-12-10-31(11-13-32)20-15-28-8-9-29-20/h1-9,14-15,21H,10-13H2,(H,30,33)/t21-/m0/s1. The van der Waals surface area contributed by atoms with Crippen LogP contribution in [0.5, 0.6) is 0 Å². The molecule has 0 unspecified atom stereocenters. The lowest BCUT2D eigenvalue weighted by Crippen LogP contribution is -2.50. The van der Waals surface area contributed by atoms with Crippen molar-refractivity contribution in [2.75, 3.05) is 36.4 Å². The molecule has 1 atom stereocenters. The Morgan fingerprint density at radius 1 is 1.03 bits per heavy atom. The minimum Gasteiger partial charge on any atom is -0.353 e. The van der Waals surface area contributed by atoms with Gasteiger partial charge in [-0.05, 0) is 23.8 Å². The molecule has 1 N–H and O–H groups in total. The van der Waals surface area contributed by atoms with E-state index in [0.29, 0.717) is 26.2 Å². The summed E-state index contributed by atoms with van der Waals surface area (Å²) in [4.78, 5) is 25.8. The summed E-state index contributed by atoms with van der Waals surface area (Å²) in [5, 5.41) is 2.23. The molecule has 1 fully saturated rings. The van der Waals surface area contributed by atoms with Crippen molar-refractivity contribution >= 4 is 29.0 Å². The molecule has 3 aromatic rings. The van der Waals surface area contributed by atoms with Gasteiger partial charge in [-0.3, -0.25) is 14.7 Å². The molecule has 1 aliphatic heterocycles. The lowest BCUT2D eigenvalue weighted by Gasteiger charge is -2.39. The van der Waals surface area contributed by atoms with Crippen LogP contribution in [0.1, 0.15) is 17.2 Å². The van der Waals surface area contributed by atoms with Crippen LogP contribution in [-0.4, -0.2) is 47.0 Å². The van der Waals surface area contributed by atoms with Gasteiger partial charge in [0, 0.05) is 44.3 Å². The van der Waals surface area contributed by atoms with Gasteiger partial charge in [0.15, 0.2) is 0 Å². The third-order valence-electron chi connectivity index (χ3n) is 5.46. The van der Waals surface area contributed by atoms with Crippen LogP contribution in [-0.2, 0) is 11.0 Å². The third-order valence-corrected chi connectivity index (χ3v) is 5.79. The summed E-state index contributed by atoms with van der Waals surface area (Å²) in [7, 11) is 0. The fourth-order valence-corrected chi connectivity index (χ4v) is 4.08. The average Bonchev–Trinajstić information content (AvgIpc) is 2.81. The lowest BCUT2D eigenvalue weighted by molar-refractivity contribution is -0.137. The van der Waals surface area contributed by atoms with Gasteiger partial charge >= 0.3 is 6.18 Å². The van der Waals surface area contributed by atoms with Crippen molar-refractivity contribution in [3.05, 3.63) is 83.3 Å². The van der Waals surface area contributed by atoms with E-state index >= 15 is 0 Å². The first-order valence-electron chi connectivity index (χ1n) is 10.3. The lowest BCUT2D eigenvalue weighted by atomic mass is 10.0. The van der Waals surface area contributed by atoms with Gasteiger partial charge in [-0.1, -0.05) is 41.9 Å². The van der Waals surface area contributed by atoms with Crippen LogP contribution >= 0.6 is 11.6 Å². The molecule has 10 heteroatoms. The second kappa shape index (κ2) is 9.76. The largest absolute Gasteiger partial charge is 0.417 e. The number of alkyl halides is 3. The van der Waals surface area contributed by atoms with Crippen molar-refractivity contribution in [3.63, 3.8) is 0 Å². The van der Waals surface area contributed by atoms with Crippen molar-refractivity contribution < 1.29 is 18.0 Å². The predicted octanol–water partition coefficient (Wildman–Crippen LogP) is 4.65. The van der Waals surface area contributed by atoms with Crippen molar-refractivity contribution in [2.45, 2.75) is 12.2 Å². The number of carbonyl (C=O) groups is 1. The van der Waals surface area contributed by atoms with Crippen molar-refractivity contribution in [1.82, 2.24) is 14.9 Å². The molecule has 172 valence electrons. The Bertz CT molecular complexity index is 1090. The van der Waals surface area contributed by atoms with E-state index < -0.39 is 28.7 Å². The van der Waals surface area contributed by atoms with Gasteiger partial charge in [-0.25, -0.2) is 4.98 Å². The molecule has 1 aromatic heterocycles. The quantitative estimate of drug-likeness (QED) is 0.582. The second-order valence-corrected chi connectivity index (χ2v) is 7.99. The van der Waals surface area contributed by atoms with Crippen LogP contribution in [0.4, 0.5) is 24.7 Å². The van der Waals surface area contributed by atoms with E-state index in [1.807, 2.05) is 35.2 Å². The Balaban J connectivity index is 1.54. The molecule has 1 aliphatic rings. The maximum atomic E-state index is 13.3. The van der Waals surface area contributed by atoms with Gasteiger partial charge in [0.2, 0.25) is 5.91 Å². The highest BCUT2D eigenvalue weighted by atomic mass is 35.5. The topological polar surface area (TPSA) is 61.4 Å². The summed E-state index contributed by atoms with van der Waals surface area (Å²) >= 11 is 5.71. The Morgan fingerprint density at radius 3 is 2.39 bits per heavy atom. The maximum Gasteiger partial charge on any atom is 0.417 e. The number of anilines is 2. The highest BCUT2D eigenvalue weighted by Crippen LogP contribution is 2.36. The molecule has 0 saturated carbocycles. The van der Waals surface area contributed by atoms with Gasteiger partial charge in [-0.2, -0.15) is 13.2 Å². The summed E-state index contributed by atoms with van der Waals surface area (Å²) in [6.45, 7) is 2.40. The number of nitrogens with zero attached hydrogens (tertiary/aromatic N) is 4. The first kappa shape index (κ1) is 23.0. The fourth-order valence-electron chi connectivity index (χ4n) is 3.86. The Labute approximate surface area is 194 Å². The van der Waals surface area contributed by atoms with Crippen LogP contribution < -0.4 is 10.2 Å². The zero-order valence-corrected chi connectivity index (χ0v) is 18.2. The Kier molecular flexibility index (Phi) is 6.80. The van der Waals surface area contributed by atoms with E-state index in [9.17, 15) is 18.0 Å². The first-order valence-corrected chi connectivity index (χ1v) is 10.7. The number of rotatable bonds is 5. The molecule has 2 aromatic carbocycles. The molecule has 2 heterocycles. The van der Waals surface area contributed by atoms with E-state index in [0.717, 1.165) is 23.5 Å². The summed E-state index contributed by atoms with van der Waals surface area (Å²) in [5.41, 5.74) is -0.195. The number of aromatic nitrogens is 2. The molecule has 1 saturated heterocycles. The molecule has 0 radical (unpaired) electrons. The van der Waals surface area contributed by atoms with Gasteiger partial charge in [-0.15, -0.1) is 0 Å². The smallest absolute Gasteiger partial charge is 0.353 e. The van der Waals surface area contributed by atoms with Gasteiger partial charge in [0.1, 0.15) is 11.9 Å². The van der Waals surface area contributed by atoms with Crippen molar-refractivity contribution in [2.24, 2.45) is 0 Å². The molecule has 4 rings (SSSR count).